The first-order valence-electron chi connectivity index (χ1n) is 8.72. The average molecular weight is 331 g/mol. The van der Waals surface area contributed by atoms with Gasteiger partial charge >= 0.3 is 0 Å². The van der Waals surface area contributed by atoms with E-state index in [1.54, 1.807) is 12.5 Å². The van der Waals surface area contributed by atoms with Crippen LogP contribution in [0.2, 0.25) is 0 Å². The molecule has 3 aromatic rings. The van der Waals surface area contributed by atoms with Gasteiger partial charge in [-0.3, -0.25) is 4.79 Å². The van der Waals surface area contributed by atoms with E-state index in [1.165, 1.54) is 11.1 Å². The molecule has 0 radical (unpaired) electrons. The van der Waals surface area contributed by atoms with Crippen LogP contribution in [0.5, 0.6) is 0 Å². The van der Waals surface area contributed by atoms with Crippen LogP contribution >= 0.6 is 0 Å². The van der Waals surface area contributed by atoms with Crippen LogP contribution in [-0.4, -0.2) is 21.5 Å². The minimum absolute atomic E-state index is 0.0735. The van der Waals surface area contributed by atoms with E-state index >= 15 is 0 Å². The van der Waals surface area contributed by atoms with Gasteiger partial charge in [-0.15, -0.1) is 0 Å². The van der Waals surface area contributed by atoms with Crippen LogP contribution in [0.4, 0.5) is 0 Å². The van der Waals surface area contributed by atoms with Gasteiger partial charge < -0.3 is 9.88 Å². The van der Waals surface area contributed by atoms with E-state index in [1.807, 2.05) is 35.0 Å². The third kappa shape index (κ3) is 2.84. The van der Waals surface area contributed by atoms with Crippen molar-refractivity contribution < 1.29 is 4.79 Å². The maximum Gasteiger partial charge on any atom is 0.232 e. The van der Waals surface area contributed by atoms with Crippen LogP contribution in [0.25, 0.3) is 11.1 Å². The Bertz CT molecular complexity index is 840. The first kappa shape index (κ1) is 15.6. The Labute approximate surface area is 147 Å². The standard InChI is InChI=1S/C21H21N3O/c1-2-15(13-24-12-11-22-14-24)23-21(25)20-18-9-5-3-7-16(18)17-8-4-6-10-19(17)20/h3-12,14-15,20H,2,13H2,1H3,(H,23,25)/t15-/m1/s1. The Morgan fingerprint density at radius 3 is 2.32 bits per heavy atom. The molecule has 0 fully saturated rings. The highest BCUT2D eigenvalue weighted by Gasteiger charge is 2.33. The van der Waals surface area contributed by atoms with Gasteiger partial charge in [0.1, 0.15) is 0 Å². The highest BCUT2D eigenvalue weighted by atomic mass is 16.2. The number of fused-ring (bicyclic) bond motifs is 3. The molecule has 0 bridgehead atoms. The van der Waals surface area contributed by atoms with Crippen LogP contribution in [0, 0.1) is 0 Å². The number of imidazole rings is 1. The molecule has 0 spiro atoms. The van der Waals surface area contributed by atoms with Gasteiger partial charge in [-0.1, -0.05) is 55.5 Å². The molecule has 0 saturated carbocycles. The summed E-state index contributed by atoms with van der Waals surface area (Å²) in [6.07, 6.45) is 6.35. The fraction of sp³-hybridized carbons (Fsp3) is 0.238. The summed E-state index contributed by atoms with van der Waals surface area (Å²) in [6.45, 7) is 2.83. The summed E-state index contributed by atoms with van der Waals surface area (Å²) in [5.41, 5.74) is 4.53. The van der Waals surface area contributed by atoms with E-state index in [2.05, 4.69) is 41.5 Å². The smallest absolute Gasteiger partial charge is 0.232 e. The zero-order valence-corrected chi connectivity index (χ0v) is 14.2. The molecule has 0 unspecified atom stereocenters. The van der Waals surface area contributed by atoms with Gasteiger partial charge in [0, 0.05) is 25.0 Å². The van der Waals surface area contributed by atoms with Crippen molar-refractivity contribution in [1.82, 2.24) is 14.9 Å². The molecule has 1 aliphatic rings. The minimum Gasteiger partial charge on any atom is -0.351 e. The molecule has 4 nitrogen and oxygen atoms in total. The third-order valence-electron chi connectivity index (χ3n) is 4.93. The number of aromatic nitrogens is 2. The van der Waals surface area contributed by atoms with E-state index in [9.17, 15) is 4.79 Å². The van der Waals surface area contributed by atoms with Gasteiger partial charge in [0.15, 0.2) is 0 Å². The lowest BCUT2D eigenvalue weighted by Crippen LogP contribution is -2.40. The summed E-state index contributed by atoms with van der Waals surface area (Å²) >= 11 is 0. The molecular formula is C21H21N3O. The van der Waals surface area contributed by atoms with Crippen LogP contribution < -0.4 is 5.32 Å². The molecule has 25 heavy (non-hydrogen) atoms. The Balaban J connectivity index is 1.61. The third-order valence-corrected chi connectivity index (χ3v) is 4.93. The van der Waals surface area contributed by atoms with Crippen molar-refractivity contribution in [3.8, 4) is 11.1 Å². The van der Waals surface area contributed by atoms with Crippen LogP contribution in [0.15, 0.2) is 67.3 Å². The molecule has 1 amide bonds. The molecule has 4 heteroatoms. The molecule has 1 heterocycles. The molecule has 1 aliphatic carbocycles. The normalized spacial score (nSPS) is 14.0. The fourth-order valence-corrected chi connectivity index (χ4v) is 3.65. The number of hydrogen-bond acceptors (Lipinski definition) is 2. The van der Waals surface area contributed by atoms with Crippen molar-refractivity contribution in [2.75, 3.05) is 0 Å². The summed E-state index contributed by atoms with van der Waals surface area (Å²) in [4.78, 5) is 17.2. The monoisotopic (exact) mass is 331 g/mol. The lowest BCUT2D eigenvalue weighted by Gasteiger charge is -2.21. The summed E-state index contributed by atoms with van der Waals surface area (Å²) < 4.78 is 2.00. The maximum absolute atomic E-state index is 13.1. The van der Waals surface area contributed by atoms with Gasteiger partial charge in [0.05, 0.1) is 12.2 Å². The minimum atomic E-state index is -0.232. The summed E-state index contributed by atoms with van der Waals surface area (Å²) in [6, 6.07) is 16.5. The second kappa shape index (κ2) is 6.55. The predicted molar refractivity (Wildman–Crippen MR) is 98.2 cm³/mol. The first-order valence-corrected chi connectivity index (χ1v) is 8.72. The predicted octanol–water partition coefficient (Wildman–Crippen LogP) is 3.59. The number of rotatable bonds is 5. The van der Waals surface area contributed by atoms with E-state index in [0.717, 1.165) is 24.1 Å². The lowest BCUT2D eigenvalue weighted by molar-refractivity contribution is -0.122. The van der Waals surface area contributed by atoms with Crippen molar-refractivity contribution in [3.63, 3.8) is 0 Å². The zero-order valence-electron chi connectivity index (χ0n) is 14.2. The SMILES string of the molecule is CC[C@H](Cn1ccnc1)NC(=O)C1c2ccccc2-c2ccccc21. The van der Waals surface area contributed by atoms with Gasteiger partial charge in [-0.25, -0.2) is 4.98 Å². The quantitative estimate of drug-likeness (QED) is 0.776. The van der Waals surface area contributed by atoms with E-state index < -0.39 is 0 Å². The molecule has 1 N–H and O–H groups in total. The number of carbonyl (C=O) groups excluding carboxylic acids is 1. The highest BCUT2D eigenvalue weighted by molar-refractivity contribution is 5.96. The van der Waals surface area contributed by atoms with Gasteiger partial charge in [-0.2, -0.15) is 0 Å². The van der Waals surface area contributed by atoms with Gasteiger partial charge in [0.2, 0.25) is 5.91 Å². The average Bonchev–Trinajstić information content (AvgIpc) is 3.26. The van der Waals surface area contributed by atoms with Crippen LogP contribution in [0.3, 0.4) is 0 Å². The maximum atomic E-state index is 13.1. The summed E-state index contributed by atoms with van der Waals surface area (Å²) in [5, 5.41) is 3.24. The Morgan fingerprint density at radius 2 is 1.76 bits per heavy atom. The number of amides is 1. The number of hydrogen-bond donors (Lipinski definition) is 1. The number of carbonyl (C=O) groups is 1. The number of nitrogens with zero attached hydrogens (tertiary/aromatic N) is 2. The lowest BCUT2D eigenvalue weighted by atomic mass is 9.95. The molecule has 126 valence electrons. The molecule has 2 aromatic carbocycles. The Hall–Kier alpha value is -2.88. The molecular weight excluding hydrogens is 310 g/mol. The van der Waals surface area contributed by atoms with E-state index in [0.29, 0.717) is 0 Å². The second-order valence-corrected chi connectivity index (χ2v) is 6.48. The molecule has 1 atom stereocenters. The molecule has 1 aromatic heterocycles. The van der Waals surface area contributed by atoms with E-state index in [-0.39, 0.29) is 17.9 Å². The number of nitrogens with one attached hydrogen (secondary N) is 1. The fourth-order valence-electron chi connectivity index (χ4n) is 3.65. The van der Waals surface area contributed by atoms with E-state index in [4.69, 9.17) is 0 Å². The van der Waals surface area contributed by atoms with Gasteiger partial charge in [-0.05, 0) is 28.7 Å². The largest absolute Gasteiger partial charge is 0.351 e. The van der Waals surface area contributed by atoms with Crippen molar-refractivity contribution in [2.45, 2.75) is 31.8 Å². The second-order valence-electron chi connectivity index (χ2n) is 6.48. The first-order chi connectivity index (χ1) is 12.3. The van der Waals surface area contributed by atoms with Crippen molar-refractivity contribution in [1.29, 1.82) is 0 Å². The molecule has 0 aliphatic heterocycles. The van der Waals surface area contributed by atoms with Crippen molar-refractivity contribution in [2.24, 2.45) is 0 Å². The topological polar surface area (TPSA) is 46.9 Å². The highest BCUT2D eigenvalue weighted by Crippen LogP contribution is 2.44. The zero-order chi connectivity index (χ0) is 17.2. The number of benzene rings is 2. The van der Waals surface area contributed by atoms with Gasteiger partial charge in [0.25, 0.3) is 0 Å². The Kier molecular flexibility index (Phi) is 4.10. The van der Waals surface area contributed by atoms with Crippen molar-refractivity contribution >= 4 is 5.91 Å². The Morgan fingerprint density at radius 1 is 1.12 bits per heavy atom. The van der Waals surface area contributed by atoms with Crippen LogP contribution in [-0.2, 0) is 11.3 Å². The summed E-state index contributed by atoms with van der Waals surface area (Å²) in [7, 11) is 0. The van der Waals surface area contributed by atoms with Crippen molar-refractivity contribution in [3.05, 3.63) is 78.4 Å². The molecule has 0 saturated heterocycles. The summed E-state index contributed by atoms with van der Waals surface area (Å²) in [5.74, 6) is -0.159. The van der Waals surface area contributed by atoms with Crippen LogP contribution in [0.1, 0.15) is 30.4 Å². The molecule has 4 rings (SSSR count).